The molecule has 0 bridgehead atoms. The molecule has 4 atom stereocenters. The molecule has 0 radical (unpaired) electrons. The average Bonchev–Trinajstić information content (AvgIpc) is 2.37. The van der Waals surface area contributed by atoms with Crippen LogP contribution in [0.25, 0.3) is 0 Å². The van der Waals surface area contributed by atoms with E-state index in [2.05, 4.69) is 13.5 Å². The van der Waals surface area contributed by atoms with Gasteiger partial charge in [-0.15, -0.1) is 0 Å². The Morgan fingerprint density at radius 3 is 2.44 bits per heavy atom. The molecule has 0 aliphatic heterocycles. The number of nitrogens with two attached hydrogens (primary N) is 1. The topological polar surface area (TPSA) is 26.0 Å². The Kier molecular flexibility index (Phi) is 0.367. The summed E-state index contributed by atoms with van der Waals surface area (Å²) in [7, 11) is 0. The first-order valence-corrected chi connectivity index (χ1v) is 3.60. The van der Waals surface area contributed by atoms with Gasteiger partial charge in [-0.1, -0.05) is 19.1 Å². The number of rotatable bonds is 0. The van der Waals surface area contributed by atoms with E-state index in [1.165, 1.54) is 12.0 Å². The zero-order valence-electron chi connectivity index (χ0n) is 5.65. The predicted octanol–water partition coefficient (Wildman–Crippen LogP) is 0.910. The third kappa shape index (κ3) is 0.176. The minimum Gasteiger partial charge on any atom is -0.326 e. The van der Waals surface area contributed by atoms with Crippen LogP contribution in [0.15, 0.2) is 12.2 Å². The van der Waals surface area contributed by atoms with Gasteiger partial charge in [0.2, 0.25) is 0 Å². The lowest BCUT2D eigenvalue weighted by molar-refractivity contribution is 0.311. The van der Waals surface area contributed by atoms with Crippen LogP contribution in [0.1, 0.15) is 13.3 Å². The zero-order valence-corrected chi connectivity index (χ0v) is 5.65. The quantitative estimate of drug-likeness (QED) is 0.474. The Labute approximate surface area is 54.9 Å². The third-order valence-electron chi connectivity index (χ3n) is 4.09. The Balaban J connectivity index is 2.17. The van der Waals surface area contributed by atoms with Crippen molar-refractivity contribution in [2.45, 2.75) is 19.4 Å². The van der Waals surface area contributed by atoms with Gasteiger partial charge in [0.15, 0.2) is 0 Å². The maximum Gasteiger partial charge on any atom is 0.0209 e. The Morgan fingerprint density at radius 2 is 2.44 bits per heavy atom. The summed E-state index contributed by atoms with van der Waals surface area (Å²) in [6.45, 7) is 6.32. The lowest BCUT2D eigenvalue weighted by atomic mass is 9.87. The van der Waals surface area contributed by atoms with E-state index in [4.69, 9.17) is 5.73 Å². The van der Waals surface area contributed by atoms with Gasteiger partial charge in [0.25, 0.3) is 0 Å². The molecule has 48 valence electrons. The van der Waals surface area contributed by atoms with Gasteiger partial charge in [-0.2, -0.15) is 0 Å². The molecule has 0 heterocycles. The summed E-state index contributed by atoms with van der Waals surface area (Å²) in [6, 6.07) is 0.475. The molecule has 0 aromatic carbocycles. The van der Waals surface area contributed by atoms with Crippen LogP contribution in [0, 0.1) is 16.7 Å². The molecule has 0 aromatic rings. The van der Waals surface area contributed by atoms with Crippen molar-refractivity contribution in [3.8, 4) is 0 Å². The fourth-order valence-electron chi connectivity index (χ4n) is 3.28. The Morgan fingerprint density at radius 1 is 1.78 bits per heavy atom. The summed E-state index contributed by atoms with van der Waals surface area (Å²) < 4.78 is 0. The first-order valence-electron chi connectivity index (χ1n) is 3.60. The van der Waals surface area contributed by atoms with Crippen LogP contribution in [-0.4, -0.2) is 6.04 Å². The fourth-order valence-corrected chi connectivity index (χ4v) is 3.28. The van der Waals surface area contributed by atoms with Gasteiger partial charge < -0.3 is 5.73 Å². The van der Waals surface area contributed by atoms with E-state index < -0.39 is 0 Å². The summed E-state index contributed by atoms with van der Waals surface area (Å²) in [5, 5.41) is 0. The zero-order chi connectivity index (χ0) is 6.44. The van der Waals surface area contributed by atoms with Gasteiger partial charge in [0.1, 0.15) is 0 Å². The van der Waals surface area contributed by atoms with E-state index >= 15 is 0 Å². The molecule has 3 aliphatic carbocycles. The third-order valence-corrected chi connectivity index (χ3v) is 4.09. The van der Waals surface area contributed by atoms with Gasteiger partial charge in [0.05, 0.1) is 0 Å². The first kappa shape index (κ1) is 4.51. The van der Waals surface area contributed by atoms with E-state index in [1.54, 1.807) is 0 Å². The van der Waals surface area contributed by atoms with Crippen molar-refractivity contribution < 1.29 is 0 Å². The highest BCUT2D eigenvalue weighted by Gasteiger charge is 2.94. The Hall–Kier alpha value is -0.300. The normalized spacial score (nSPS) is 74.2. The first-order chi connectivity index (χ1) is 4.15. The van der Waals surface area contributed by atoms with Crippen LogP contribution in [0.4, 0.5) is 0 Å². The van der Waals surface area contributed by atoms with E-state index in [0.29, 0.717) is 16.9 Å². The molecule has 1 nitrogen and oxygen atoms in total. The van der Waals surface area contributed by atoms with Crippen LogP contribution >= 0.6 is 0 Å². The van der Waals surface area contributed by atoms with Crippen molar-refractivity contribution in [1.29, 1.82) is 0 Å². The van der Waals surface area contributed by atoms with E-state index in [-0.39, 0.29) is 0 Å². The van der Waals surface area contributed by atoms with Gasteiger partial charge in [0, 0.05) is 11.5 Å². The summed E-state index contributed by atoms with van der Waals surface area (Å²) in [4.78, 5) is 0. The van der Waals surface area contributed by atoms with Crippen LogP contribution < -0.4 is 5.73 Å². The molecule has 2 N–H and O–H groups in total. The minimum atomic E-state index is 0.475. The molecule has 1 heteroatoms. The average molecular weight is 121 g/mol. The maximum atomic E-state index is 5.91. The largest absolute Gasteiger partial charge is 0.326 e. The fraction of sp³-hybridized carbons (Fsp3) is 0.750. The monoisotopic (exact) mass is 121 g/mol. The summed E-state index contributed by atoms with van der Waals surface area (Å²) in [5.74, 6) is 0.845. The standard InChI is InChI=1S/C8H11N/c1-4-5-3-7(2)6(9)8(4,5)7/h5-6H,1,3,9H2,2H3. The van der Waals surface area contributed by atoms with E-state index in [1.807, 2.05) is 0 Å². The molecule has 3 saturated carbocycles. The van der Waals surface area contributed by atoms with E-state index in [9.17, 15) is 0 Å². The highest BCUT2D eigenvalue weighted by molar-refractivity contribution is 5.61. The van der Waals surface area contributed by atoms with E-state index in [0.717, 1.165) is 5.92 Å². The molecular weight excluding hydrogens is 110 g/mol. The van der Waals surface area contributed by atoms with Gasteiger partial charge in [-0.05, 0) is 17.8 Å². The Bertz CT molecular complexity index is 233. The second-order valence-corrected chi connectivity index (χ2v) is 4.05. The summed E-state index contributed by atoms with van der Waals surface area (Å²) >= 11 is 0. The SMILES string of the molecule is C=C1C2CC3(C)C(N)C123. The van der Waals surface area contributed by atoms with Crippen LogP contribution in [0.2, 0.25) is 0 Å². The van der Waals surface area contributed by atoms with Crippen LogP contribution in [0.5, 0.6) is 0 Å². The molecule has 1 spiro atoms. The van der Waals surface area contributed by atoms with Crippen molar-refractivity contribution in [2.24, 2.45) is 22.5 Å². The predicted molar refractivity (Wildman–Crippen MR) is 35.8 cm³/mol. The van der Waals surface area contributed by atoms with Crippen molar-refractivity contribution in [2.75, 3.05) is 0 Å². The highest BCUT2D eigenvalue weighted by atomic mass is 15.1. The lowest BCUT2D eigenvalue weighted by Gasteiger charge is -2.16. The summed E-state index contributed by atoms with van der Waals surface area (Å²) in [5.41, 5.74) is 8.37. The second-order valence-electron chi connectivity index (χ2n) is 4.05. The highest BCUT2D eigenvalue weighted by Crippen LogP contribution is 2.95. The van der Waals surface area contributed by atoms with Crippen molar-refractivity contribution in [1.82, 2.24) is 0 Å². The molecule has 0 aromatic heterocycles. The second kappa shape index (κ2) is 0.734. The van der Waals surface area contributed by atoms with Crippen LogP contribution in [-0.2, 0) is 0 Å². The number of hydrogen-bond acceptors (Lipinski definition) is 1. The summed E-state index contributed by atoms with van der Waals surface area (Å²) in [6.07, 6.45) is 1.33. The smallest absolute Gasteiger partial charge is 0.0209 e. The van der Waals surface area contributed by atoms with Crippen LogP contribution in [0.3, 0.4) is 0 Å². The van der Waals surface area contributed by atoms with Crippen molar-refractivity contribution in [3.63, 3.8) is 0 Å². The molecule has 0 saturated heterocycles. The maximum absolute atomic E-state index is 5.91. The molecule has 3 fully saturated rings. The van der Waals surface area contributed by atoms with Gasteiger partial charge in [-0.25, -0.2) is 0 Å². The molecule has 9 heavy (non-hydrogen) atoms. The lowest BCUT2D eigenvalue weighted by Crippen LogP contribution is -2.12. The molecular formula is C8H11N. The van der Waals surface area contributed by atoms with Gasteiger partial charge >= 0.3 is 0 Å². The molecule has 4 unspecified atom stereocenters. The van der Waals surface area contributed by atoms with Crippen molar-refractivity contribution >= 4 is 0 Å². The van der Waals surface area contributed by atoms with Gasteiger partial charge in [-0.3, -0.25) is 0 Å². The minimum absolute atomic E-state index is 0.475. The number of hydrogen-bond donors (Lipinski definition) is 1. The molecule has 3 aliphatic rings. The van der Waals surface area contributed by atoms with Crippen molar-refractivity contribution in [3.05, 3.63) is 12.2 Å². The molecule has 3 rings (SSSR count). The molecule has 0 amide bonds.